The maximum atomic E-state index is 10.1. The molecule has 24 rings (SSSR count). The Morgan fingerprint density at radius 3 is 1.34 bits per heavy atom. The van der Waals surface area contributed by atoms with Gasteiger partial charge in [0.25, 0.3) is 0 Å². The second kappa shape index (κ2) is 34.1. The van der Waals surface area contributed by atoms with Crippen LogP contribution in [0.15, 0.2) is 332 Å². The van der Waals surface area contributed by atoms with Gasteiger partial charge >= 0.3 is 0 Å². The zero-order valence-corrected chi connectivity index (χ0v) is 77.9. The molecule has 23 heteroatoms. The smallest absolute Gasteiger partial charge is 0.154 e. The molecular weight excluding hydrogens is 2120 g/mol. The lowest BCUT2D eigenvalue weighted by atomic mass is 10.1. The standard InChI is InChI=1S/2C16H8BrClO.C16H9BrOS.C12H6BrClO2.C12H6BrClOS.2C12H6BrClO/c17-11-7-13-12-5-9-3-1-2-4-10(9)6-15(12)19-16(13)14(18)8-11;17-13-7-10(18)8-14-15(13)12-6-5-9-3-1-2-4-11(9)16(12)19-14;17-10-7-13-12-6-5-9-3-1-2-4-11(9)15(12)19-16(13)14(18)8-10;13-9-3-6(14)4-11-12(9)8-2-1-7(15)5-10(8)16-11;13-6-3-9-8-5-7(14)1-2-11(8)16-12(9)10(15)4-6;13-9-5-7(14)6-11-12(9)8-3-1-2-4-10(8)15-11;13-12-8(14)5-6-10-11(12)7-3-1-2-4-9(7)15-10/h2*1-8H;1-8,18H;2*1-5,15H;2*1-6H. The van der Waals surface area contributed by atoms with Gasteiger partial charge in [-0.3, -0.25) is 0 Å². The fourth-order valence-electron chi connectivity index (χ4n) is 14.7. The van der Waals surface area contributed by atoms with E-state index in [2.05, 4.69) is 203 Å². The zero-order chi connectivity index (χ0) is 82.3. The Balaban J connectivity index is 0.0000000957. The number of thiophene rings is 2. The summed E-state index contributed by atoms with van der Waals surface area (Å²) in [6.45, 7) is 0. The molecule has 7 heterocycles. The molecule has 0 amide bonds. The van der Waals surface area contributed by atoms with Crippen LogP contribution in [0.25, 0.3) is 182 Å². The monoisotopic (exact) mass is 2160 g/mol. The van der Waals surface area contributed by atoms with Crippen LogP contribution in [0, 0.1) is 0 Å². The molecule has 119 heavy (non-hydrogen) atoms. The Bertz CT molecular complexity index is 8150. The lowest BCUT2D eigenvalue weighted by Gasteiger charge is -1.99. The lowest BCUT2D eigenvalue weighted by Crippen LogP contribution is -1.73. The van der Waals surface area contributed by atoms with E-state index in [-0.39, 0.29) is 5.75 Å². The SMILES string of the molecule is Clc1cc(Br)c2c(c1)oc1c3ccccc3ccc12.Clc1cc(Br)c2c(c1)oc1ccccc12.Clc1cc(Br)cc2c1oc1cc3ccccc3cc12.Clc1ccc2oc3ccccc3c2c1Br.Oc1cc(Br)cc2c1sc1c3ccccc3ccc21.Oc1cc(Br)cc2c1sc1ccc(Cl)cc12.Oc1ccc2c(c1)oc1cc(Cl)cc(Br)c12. The summed E-state index contributed by atoms with van der Waals surface area (Å²) in [5.41, 5.74) is 8.14. The van der Waals surface area contributed by atoms with Gasteiger partial charge in [-0.05, 0) is 218 Å². The molecule has 0 saturated carbocycles. The van der Waals surface area contributed by atoms with E-state index in [1.807, 2.05) is 158 Å². The van der Waals surface area contributed by atoms with Gasteiger partial charge in [-0.1, -0.05) is 245 Å². The van der Waals surface area contributed by atoms with Gasteiger partial charge in [0.15, 0.2) is 5.58 Å². The molecule has 0 bridgehead atoms. The number of fused-ring (bicyclic) bond motifs is 26. The third kappa shape index (κ3) is 16.2. The van der Waals surface area contributed by atoms with Gasteiger partial charge in [0, 0.05) is 166 Å². The summed E-state index contributed by atoms with van der Waals surface area (Å²) >= 11 is 63.8. The van der Waals surface area contributed by atoms with E-state index in [0.29, 0.717) is 52.8 Å². The topological polar surface area (TPSA) is 126 Å². The summed E-state index contributed by atoms with van der Waals surface area (Å²) in [6.07, 6.45) is 0. The third-order valence-corrected chi connectivity index (χ3v) is 28.2. The Morgan fingerprint density at radius 2 is 0.706 bits per heavy atom. The maximum absolute atomic E-state index is 10.1. The summed E-state index contributed by atoms with van der Waals surface area (Å²) in [5, 5.41) is 55.5. The van der Waals surface area contributed by atoms with E-state index in [4.69, 9.17) is 91.7 Å². The number of phenols is 3. The van der Waals surface area contributed by atoms with E-state index in [0.717, 1.165) is 165 Å². The highest BCUT2D eigenvalue weighted by molar-refractivity contribution is 9.11. The molecule has 0 fully saturated rings. The van der Waals surface area contributed by atoms with Gasteiger partial charge in [-0.15, -0.1) is 22.7 Å². The van der Waals surface area contributed by atoms with E-state index >= 15 is 0 Å². The van der Waals surface area contributed by atoms with Crippen molar-refractivity contribution in [2.24, 2.45) is 0 Å². The number of para-hydroxylation sites is 2. The lowest BCUT2D eigenvalue weighted by molar-refractivity contribution is 0.475. The Hall–Kier alpha value is -8.54. The van der Waals surface area contributed by atoms with Gasteiger partial charge in [-0.25, -0.2) is 0 Å². The van der Waals surface area contributed by atoms with Crippen LogP contribution in [0.5, 0.6) is 17.2 Å². The Kier molecular flexibility index (Phi) is 23.3. The van der Waals surface area contributed by atoms with Gasteiger partial charge < -0.3 is 37.4 Å². The zero-order valence-electron chi connectivity index (χ0n) is 60.7. The van der Waals surface area contributed by atoms with Crippen LogP contribution in [0.1, 0.15) is 0 Å². The molecule has 24 aromatic rings. The molecule has 0 aliphatic carbocycles. The quantitative estimate of drug-likeness (QED) is 0.137. The minimum absolute atomic E-state index is 0.189. The van der Waals surface area contributed by atoms with Crippen LogP contribution in [0.4, 0.5) is 0 Å². The summed E-state index contributed by atoms with van der Waals surface area (Å²) in [7, 11) is 0. The van der Waals surface area contributed by atoms with Crippen molar-refractivity contribution in [2.45, 2.75) is 0 Å². The molecule has 7 aromatic heterocycles. The highest BCUT2D eigenvalue weighted by Gasteiger charge is 2.20. The fraction of sp³-hybridized carbons (Fsp3) is 0. The predicted octanol–water partition coefficient (Wildman–Crippen LogP) is 37.9. The minimum Gasteiger partial charge on any atom is -0.508 e. The van der Waals surface area contributed by atoms with Gasteiger partial charge in [0.2, 0.25) is 0 Å². The summed E-state index contributed by atoms with van der Waals surface area (Å²) in [4.78, 5) is 0. The van der Waals surface area contributed by atoms with Crippen LogP contribution in [0.2, 0.25) is 30.1 Å². The first kappa shape index (κ1) is 81.5. The third-order valence-electron chi connectivity index (χ3n) is 19.9. The van der Waals surface area contributed by atoms with Crippen molar-refractivity contribution in [1.29, 1.82) is 0 Å². The summed E-state index contributed by atoms with van der Waals surface area (Å²) in [5.74, 6) is 0.838. The Labute approximate surface area is 772 Å². The first-order valence-electron chi connectivity index (χ1n) is 36.2. The maximum Gasteiger partial charge on any atom is 0.154 e. The molecule has 0 aliphatic heterocycles. The second-order valence-corrected chi connectivity index (χ2v) is 38.2. The normalized spacial score (nSPS) is 11.5. The number of hydrogen-bond donors (Lipinski definition) is 3. The van der Waals surface area contributed by atoms with Crippen LogP contribution >= 0.6 is 204 Å². The number of phenolic OH excluding ortho intramolecular Hbond substituents is 3. The molecule has 8 nitrogen and oxygen atoms in total. The second-order valence-electron chi connectivity index (χ2n) is 27.4. The van der Waals surface area contributed by atoms with Gasteiger partial charge in [0.1, 0.15) is 67.5 Å². The molecule has 0 saturated heterocycles. The molecule has 3 N–H and O–H groups in total. The van der Waals surface area contributed by atoms with Crippen LogP contribution in [-0.4, -0.2) is 15.3 Å². The van der Waals surface area contributed by atoms with Crippen LogP contribution in [0.3, 0.4) is 0 Å². The number of rotatable bonds is 0. The van der Waals surface area contributed by atoms with Crippen molar-refractivity contribution in [3.05, 3.63) is 340 Å². The molecule has 0 aliphatic rings. The summed E-state index contributed by atoms with van der Waals surface area (Å²) < 4.78 is 39.6. The van der Waals surface area contributed by atoms with Crippen molar-refractivity contribution < 1.29 is 37.4 Å². The van der Waals surface area contributed by atoms with Crippen molar-refractivity contribution in [1.82, 2.24) is 0 Å². The highest BCUT2D eigenvalue weighted by Crippen LogP contribution is 2.48. The van der Waals surface area contributed by atoms with E-state index < -0.39 is 0 Å². The molecule has 584 valence electrons. The minimum atomic E-state index is 0.189. The van der Waals surface area contributed by atoms with Crippen molar-refractivity contribution >= 4 is 386 Å². The van der Waals surface area contributed by atoms with Gasteiger partial charge in [0.05, 0.1) is 19.4 Å². The molecule has 0 unspecified atom stereocenters. The Morgan fingerprint density at radius 1 is 0.244 bits per heavy atom. The summed E-state index contributed by atoms with van der Waals surface area (Å²) in [6, 6.07) is 90.5. The van der Waals surface area contributed by atoms with Crippen molar-refractivity contribution in [3.8, 4) is 17.2 Å². The van der Waals surface area contributed by atoms with E-state index in [1.165, 1.54) is 37.0 Å². The first-order chi connectivity index (χ1) is 57.5. The number of aromatic hydroxyl groups is 3. The molecule has 0 atom stereocenters. The average Bonchev–Trinajstić information content (AvgIpc) is 1.05. The molecule has 0 radical (unpaired) electrons. The number of hydrogen-bond acceptors (Lipinski definition) is 10. The van der Waals surface area contributed by atoms with Crippen LogP contribution < -0.4 is 0 Å². The predicted molar refractivity (Wildman–Crippen MR) is 529 cm³/mol. The molecule has 17 aromatic carbocycles. The number of benzene rings is 17. The first-order valence-corrected chi connectivity index (χ1v) is 45.6. The average molecular weight is 2170 g/mol. The van der Waals surface area contributed by atoms with Crippen molar-refractivity contribution in [2.75, 3.05) is 0 Å². The molecule has 0 spiro atoms. The highest BCUT2D eigenvalue weighted by atomic mass is 79.9. The van der Waals surface area contributed by atoms with Gasteiger partial charge in [-0.2, -0.15) is 0 Å². The number of halogens is 13. The number of furan rings is 5. The van der Waals surface area contributed by atoms with Crippen molar-refractivity contribution in [3.63, 3.8) is 0 Å². The van der Waals surface area contributed by atoms with Crippen LogP contribution in [-0.2, 0) is 0 Å². The molecular formula is C96H49Br7Cl6O8S2. The fourth-order valence-corrected chi connectivity index (χ4v) is 22.6. The van der Waals surface area contributed by atoms with E-state index in [9.17, 15) is 15.3 Å². The largest absolute Gasteiger partial charge is 0.508 e. The van der Waals surface area contributed by atoms with E-state index in [1.54, 1.807) is 53.0 Å².